The second-order valence-corrected chi connectivity index (χ2v) is 4.30. The van der Waals surface area contributed by atoms with E-state index in [1.54, 1.807) is 0 Å². The van der Waals surface area contributed by atoms with Crippen LogP contribution in [0.3, 0.4) is 0 Å². The number of aromatic nitrogens is 1. The molecule has 1 fully saturated rings. The van der Waals surface area contributed by atoms with Crippen LogP contribution in [0, 0.1) is 5.92 Å². The van der Waals surface area contributed by atoms with E-state index in [9.17, 15) is 0 Å². The molecule has 1 heterocycles. The van der Waals surface area contributed by atoms with Crippen LogP contribution in [0.25, 0.3) is 10.9 Å². The minimum atomic E-state index is 0.659. The van der Waals surface area contributed by atoms with Crippen molar-refractivity contribution in [2.45, 2.75) is 12.3 Å². The Morgan fingerprint density at radius 2 is 2.20 bits per heavy atom. The molecule has 2 unspecified atom stereocenters. The predicted molar refractivity (Wildman–Crippen MR) is 61.6 cm³/mol. The van der Waals surface area contributed by atoms with Crippen LogP contribution in [0.1, 0.15) is 17.9 Å². The van der Waals surface area contributed by atoms with Gasteiger partial charge in [0, 0.05) is 11.6 Å². The van der Waals surface area contributed by atoms with Crippen molar-refractivity contribution < 1.29 is 0 Å². The monoisotopic (exact) mass is 198 g/mol. The van der Waals surface area contributed by atoms with Gasteiger partial charge in [-0.05, 0) is 42.5 Å². The molecule has 0 amide bonds. The molecule has 15 heavy (non-hydrogen) atoms. The van der Waals surface area contributed by atoms with E-state index < -0.39 is 0 Å². The van der Waals surface area contributed by atoms with Crippen LogP contribution >= 0.6 is 0 Å². The number of hydrogen-bond acceptors (Lipinski definition) is 2. The molecule has 2 heteroatoms. The Balaban J connectivity index is 2.00. The lowest BCUT2D eigenvalue weighted by Crippen LogP contribution is -2.02. The zero-order valence-corrected chi connectivity index (χ0v) is 8.56. The molecule has 2 nitrogen and oxygen atoms in total. The van der Waals surface area contributed by atoms with Crippen LogP contribution in [0.2, 0.25) is 0 Å². The minimum Gasteiger partial charge on any atom is -0.330 e. The van der Waals surface area contributed by atoms with E-state index in [0.29, 0.717) is 11.8 Å². The summed E-state index contributed by atoms with van der Waals surface area (Å²) in [6.07, 6.45) is 3.24. The molecule has 76 valence electrons. The summed E-state index contributed by atoms with van der Waals surface area (Å²) in [6.45, 7) is 0.803. The van der Waals surface area contributed by atoms with E-state index in [4.69, 9.17) is 5.73 Å². The van der Waals surface area contributed by atoms with Crippen LogP contribution in [-0.2, 0) is 0 Å². The maximum Gasteiger partial charge on any atom is 0.0702 e. The number of pyridine rings is 1. The summed E-state index contributed by atoms with van der Waals surface area (Å²) in [5.74, 6) is 1.35. The largest absolute Gasteiger partial charge is 0.330 e. The van der Waals surface area contributed by atoms with Gasteiger partial charge in [-0.2, -0.15) is 0 Å². The average Bonchev–Trinajstić information content (AvgIpc) is 3.08. The van der Waals surface area contributed by atoms with Gasteiger partial charge in [0.05, 0.1) is 5.52 Å². The van der Waals surface area contributed by atoms with Crippen LogP contribution in [-0.4, -0.2) is 11.5 Å². The van der Waals surface area contributed by atoms with E-state index in [-0.39, 0.29) is 0 Å². The third kappa shape index (κ3) is 1.51. The van der Waals surface area contributed by atoms with Crippen LogP contribution < -0.4 is 5.73 Å². The maximum absolute atomic E-state index is 5.65. The summed E-state index contributed by atoms with van der Waals surface area (Å²) in [6, 6.07) is 10.5. The molecule has 0 radical (unpaired) electrons. The molecule has 2 N–H and O–H groups in total. The molecular weight excluding hydrogens is 184 g/mol. The maximum atomic E-state index is 5.65. The Kier molecular flexibility index (Phi) is 1.96. The van der Waals surface area contributed by atoms with E-state index >= 15 is 0 Å². The fraction of sp³-hybridized carbons (Fsp3) is 0.308. The molecule has 1 aromatic carbocycles. The Morgan fingerprint density at radius 3 is 3.00 bits per heavy atom. The topological polar surface area (TPSA) is 38.9 Å². The molecule has 1 saturated carbocycles. The van der Waals surface area contributed by atoms with Crippen molar-refractivity contribution in [2.24, 2.45) is 11.7 Å². The Hall–Kier alpha value is -1.41. The van der Waals surface area contributed by atoms with Crippen molar-refractivity contribution in [2.75, 3.05) is 6.54 Å². The van der Waals surface area contributed by atoms with Gasteiger partial charge in [0.2, 0.25) is 0 Å². The highest BCUT2D eigenvalue weighted by atomic mass is 14.7. The second kappa shape index (κ2) is 3.31. The first-order chi connectivity index (χ1) is 7.38. The van der Waals surface area contributed by atoms with Gasteiger partial charge >= 0.3 is 0 Å². The number of benzene rings is 1. The molecular formula is C13H14N2. The highest BCUT2D eigenvalue weighted by Gasteiger charge is 2.37. The normalized spacial score (nSPS) is 24.3. The molecule has 0 saturated heterocycles. The number of nitrogens with two attached hydrogens (primary N) is 1. The van der Waals surface area contributed by atoms with Crippen molar-refractivity contribution in [1.29, 1.82) is 0 Å². The zero-order chi connectivity index (χ0) is 10.3. The van der Waals surface area contributed by atoms with Crippen molar-refractivity contribution in [3.8, 4) is 0 Å². The summed E-state index contributed by atoms with van der Waals surface area (Å²) in [4.78, 5) is 4.47. The van der Waals surface area contributed by atoms with Crippen molar-refractivity contribution >= 4 is 10.9 Å². The first-order valence-corrected chi connectivity index (χ1v) is 5.43. The molecule has 2 atom stereocenters. The summed E-state index contributed by atoms with van der Waals surface area (Å²) in [7, 11) is 0. The summed E-state index contributed by atoms with van der Waals surface area (Å²) >= 11 is 0. The molecule has 1 aliphatic rings. The second-order valence-electron chi connectivity index (χ2n) is 4.30. The van der Waals surface area contributed by atoms with Gasteiger partial charge < -0.3 is 5.73 Å². The lowest BCUT2D eigenvalue weighted by molar-refractivity contribution is 0.808. The molecule has 3 rings (SSSR count). The number of hydrogen-bond donors (Lipinski definition) is 1. The Morgan fingerprint density at radius 1 is 1.33 bits per heavy atom. The zero-order valence-electron chi connectivity index (χ0n) is 8.56. The van der Waals surface area contributed by atoms with E-state index in [0.717, 1.165) is 12.1 Å². The summed E-state index contributed by atoms with van der Waals surface area (Å²) < 4.78 is 0. The van der Waals surface area contributed by atoms with E-state index in [1.807, 2.05) is 18.3 Å². The molecule has 1 aliphatic carbocycles. The standard InChI is InChI=1S/C13H14N2/c14-7-10-6-12(10)11-5-9-3-1-2-4-13(9)15-8-11/h1-5,8,10,12H,6-7,14H2. The van der Waals surface area contributed by atoms with Gasteiger partial charge in [-0.3, -0.25) is 4.98 Å². The third-order valence-corrected chi connectivity index (χ3v) is 3.27. The van der Waals surface area contributed by atoms with Crippen molar-refractivity contribution in [3.63, 3.8) is 0 Å². The molecule has 0 bridgehead atoms. The van der Waals surface area contributed by atoms with Gasteiger partial charge in [0.15, 0.2) is 0 Å². The first kappa shape index (κ1) is 8.86. The fourth-order valence-electron chi connectivity index (χ4n) is 2.21. The van der Waals surface area contributed by atoms with Crippen LogP contribution in [0.15, 0.2) is 36.5 Å². The van der Waals surface area contributed by atoms with E-state index in [1.165, 1.54) is 17.4 Å². The van der Waals surface area contributed by atoms with Crippen LogP contribution in [0.4, 0.5) is 0 Å². The minimum absolute atomic E-state index is 0.659. The van der Waals surface area contributed by atoms with Crippen LogP contribution in [0.5, 0.6) is 0 Å². The lowest BCUT2D eigenvalue weighted by atomic mass is 10.1. The lowest BCUT2D eigenvalue weighted by Gasteiger charge is -2.01. The number of fused-ring (bicyclic) bond motifs is 1. The Labute approximate surface area is 89.1 Å². The number of para-hydroxylation sites is 1. The Bertz CT molecular complexity index is 493. The number of rotatable bonds is 2. The third-order valence-electron chi connectivity index (χ3n) is 3.27. The average molecular weight is 198 g/mol. The van der Waals surface area contributed by atoms with Gasteiger partial charge in [0.25, 0.3) is 0 Å². The molecule has 1 aromatic heterocycles. The van der Waals surface area contributed by atoms with Crippen molar-refractivity contribution in [1.82, 2.24) is 4.98 Å². The van der Waals surface area contributed by atoms with Gasteiger partial charge in [0.1, 0.15) is 0 Å². The van der Waals surface area contributed by atoms with E-state index in [2.05, 4.69) is 23.2 Å². The quantitative estimate of drug-likeness (QED) is 0.804. The van der Waals surface area contributed by atoms with Gasteiger partial charge in [-0.15, -0.1) is 0 Å². The number of nitrogens with zero attached hydrogens (tertiary/aromatic N) is 1. The predicted octanol–water partition coefficient (Wildman–Crippen LogP) is 2.30. The molecule has 0 aliphatic heterocycles. The summed E-state index contributed by atoms with van der Waals surface area (Å²) in [5.41, 5.74) is 8.08. The molecule has 0 spiro atoms. The smallest absolute Gasteiger partial charge is 0.0702 e. The first-order valence-electron chi connectivity index (χ1n) is 5.43. The SMILES string of the molecule is NCC1CC1c1cnc2ccccc2c1. The van der Waals surface area contributed by atoms with Crippen molar-refractivity contribution in [3.05, 3.63) is 42.1 Å². The van der Waals surface area contributed by atoms with Gasteiger partial charge in [-0.25, -0.2) is 0 Å². The highest BCUT2D eigenvalue weighted by Crippen LogP contribution is 2.46. The summed E-state index contributed by atoms with van der Waals surface area (Å²) in [5, 5.41) is 1.23. The fourth-order valence-corrected chi connectivity index (χ4v) is 2.21. The molecule has 2 aromatic rings. The highest BCUT2D eigenvalue weighted by molar-refractivity contribution is 5.78. The van der Waals surface area contributed by atoms with Gasteiger partial charge in [-0.1, -0.05) is 18.2 Å².